The van der Waals surface area contributed by atoms with E-state index in [0.717, 1.165) is 12.1 Å². The molecule has 0 radical (unpaired) electrons. The highest BCUT2D eigenvalue weighted by molar-refractivity contribution is 7.92. The first-order chi connectivity index (χ1) is 14.7. The highest BCUT2D eigenvalue weighted by Gasteiger charge is 2.19. The second-order valence-electron chi connectivity index (χ2n) is 6.61. The van der Waals surface area contributed by atoms with Crippen molar-refractivity contribution >= 4 is 33.3 Å². The second kappa shape index (κ2) is 8.97. The van der Waals surface area contributed by atoms with Crippen LogP contribution in [0.5, 0.6) is 0 Å². The van der Waals surface area contributed by atoms with Crippen LogP contribution < -0.4 is 10.0 Å². The summed E-state index contributed by atoms with van der Waals surface area (Å²) in [6.07, 6.45) is 0. The lowest BCUT2D eigenvalue weighted by Gasteiger charge is -2.12. The van der Waals surface area contributed by atoms with Crippen LogP contribution in [0.1, 0.15) is 26.3 Å². The molecule has 0 aromatic heterocycles. The van der Waals surface area contributed by atoms with Gasteiger partial charge in [0, 0.05) is 16.9 Å². The van der Waals surface area contributed by atoms with Crippen LogP contribution in [-0.4, -0.2) is 27.4 Å². The number of rotatable bonds is 6. The molecule has 0 fully saturated rings. The van der Waals surface area contributed by atoms with Crippen LogP contribution in [0.25, 0.3) is 0 Å². The van der Waals surface area contributed by atoms with Gasteiger partial charge in [-0.25, -0.2) is 17.6 Å². The second-order valence-corrected chi connectivity index (χ2v) is 8.29. The van der Waals surface area contributed by atoms with Crippen molar-refractivity contribution < 1.29 is 27.1 Å². The highest BCUT2D eigenvalue weighted by Crippen LogP contribution is 2.21. The summed E-state index contributed by atoms with van der Waals surface area (Å²) in [5.74, 6) is -1.50. The van der Waals surface area contributed by atoms with E-state index in [-0.39, 0.29) is 16.1 Å². The Balaban J connectivity index is 1.82. The van der Waals surface area contributed by atoms with Crippen LogP contribution in [0.15, 0.2) is 71.6 Å². The Morgan fingerprint density at radius 1 is 0.903 bits per heavy atom. The number of esters is 1. The lowest BCUT2D eigenvalue weighted by atomic mass is 10.1. The molecule has 31 heavy (non-hydrogen) atoms. The lowest BCUT2D eigenvalue weighted by molar-refractivity contribution is 0.0600. The van der Waals surface area contributed by atoms with Gasteiger partial charge in [-0.05, 0) is 73.2 Å². The van der Waals surface area contributed by atoms with Gasteiger partial charge in [-0.2, -0.15) is 0 Å². The summed E-state index contributed by atoms with van der Waals surface area (Å²) < 4.78 is 45.4. The Kier molecular flexibility index (Phi) is 6.36. The summed E-state index contributed by atoms with van der Waals surface area (Å²) in [5, 5.41) is 2.67. The van der Waals surface area contributed by atoms with E-state index in [2.05, 4.69) is 14.8 Å². The van der Waals surface area contributed by atoms with Crippen LogP contribution in [0, 0.1) is 12.7 Å². The molecule has 0 spiro atoms. The number of hydrogen-bond acceptors (Lipinski definition) is 5. The lowest BCUT2D eigenvalue weighted by Crippen LogP contribution is -2.17. The van der Waals surface area contributed by atoms with Crippen LogP contribution >= 0.6 is 0 Å². The van der Waals surface area contributed by atoms with Crippen molar-refractivity contribution in [3.05, 3.63) is 89.2 Å². The molecule has 3 rings (SSSR count). The fourth-order valence-corrected chi connectivity index (χ4v) is 3.84. The van der Waals surface area contributed by atoms with Gasteiger partial charge >= 0.3 is 5.97 Å². The third kappa shape index (κ3) is 5.26. The molecule has 2 N–H and O–H groups in total. The van der Waals surface area contributed by atoms with Gasteiger partial charge in [0.15, 0.2) is 0 Å². The zero-order valence-corrected chi connectivity index (χ0v) is 17.5. The SMILES string of the molecule is COC(=O)c1ccc(NC(=O)c2cc(S(=O)(=O)Nc3ccc(F)cc3)ccc2C)cc1. The molecule has 9 heteroatoms. The predicted molar refractivity (Wildman–Crippen MR) is 114 cm³/mol. The number of carbonyl (C=O) groups excluding carboxylic acids is 2. The van der Waals surface area contributed by atoms with Crippen molar-refractivity contribution in [2.45, 2.75) is 11.8 Å². The van der Waals surface area contributed by atoms with Crippen LogP contribution in [-0.2, 0) is 14.8 Å². The van der Waals surface area contributed by atoms with Gasteiger partial charge in [0.1, 0.15) is 5.82 Å². The van der Waals surface area contributed by atoms with E-state index in [0.29, 0.717) is 16.8 Å². The van der Waals surface area contributed by atoms with Crippen molar-refractivity contribution in [3.63, 3.8) is 0 Å². The third-order valence-electron chi connectivity index (χ3n) is 4.42. The fourth-order valence-electron chi connectivity index (χ4n) is 2.75. The van der Waals surface area contributed by atoms with E-state index in [1.165, 1.54) is 61.7 Å². The number of aryl methyl sites for hydroxylation is 1. The summed E-state index contributed by atoms with van der Waals surface area (Å²) >= 11 is 0. The van der Waals surface area contributed by atoms with Gasteiger partial charge < -0.3 is 10.1 Å². The van der Waals surface area contributed by atoms with Crippen molar-refractivity contribution in [1.82, 2.24) is 0 Å². The van der Waals surface area contributed by atoms with Crippen LogP contribution in [0.4, 0.5) is 15.8 Å². The number of carbonyl (C=O) groups is 2. The molecule has 0 saturated carbocycles. The number of methoxy groups -OCH3 is 1. The molecule has 0 aliphatic carbocycles. The minimum atomic E-state index is -3.99. The molecule has 160 valence electrons. The fraction of sp³-hybridized carbons (Fsp3) is 0.0909. The van der Waals surface area contributed by atoms with Crippen molar-refractivity contribution in [1.29, 1.82) is 0 Å². The first kappa shape index (κ1) is 22.0. The number of nitrogens with one attached hydrogen (secondary N) is 2. The Labute approximate surface area is 178 Å². The van der Waals surface area contributed by atoms with Gasteiger partial charge in [0.2, 0.25) is 0 Å². The quantitative estimate of drug-likeness (QED) is 0.563. The molecule has 0 bridgehead atoms. The first-order valence-corrected chi connectivity index (χ1v) is 10.6. The van der Waals surface area contributed by atoms with Crippen LogP contribution in [0.3, 0.4) is 0 Å². The monoisotopic (exact) mass is 442 g/mol. The largest absolute Gasteiger partial charge is 0.465 e. The molecule has 0 atom stereocenters. The maximum atomic E-state index is 13.0. The number of anilines is 2. The number of benzene rings is 3. The zero-order valence-electron chi connectivity index (χ0n) is 16.7. The summed E-state index contributed by atoms with van der Waals surface area (Å²) in [5.41, 5.74) is 1.69. The van der Waals surface area contributed by atoms with E-state index < -0.39 is 27.7 Å². The van der Waals surface area contributed by atoms with E-state index >= 15 is 0 Å². The summed E-state index contributed by atoms with van der Waals surface area (Å²) in [6, 6.07) is 15.1. The van der Waals surface area contributed by atoms with Crippen molar-refractivity contribution in [2.24, 2.45) is 0 Å². The molecule has 1 amide bonds. The number of sulfonamides is 1. The molecule has 0 aliphatic rings. The van der Waals surface area contributed by atoms with Gasteiger partial charge in [-0.15, -0.1) is 0 Å². The molecular formula is C22H19FN2O5S. The van der Waals surface area contributed by atoms with Gasteiger partial charge in [-0.3, -0.25) is 9.52 Å². The zero-order chi connectivity index (χ0) is 22.6. The molecule has 0 aliphatic heterocycles. The average Bonchev–Trinajstić information content (AvgIpc) is 2.75. The molecule has 3 aromatic carbocycles. The summed E-state index contributed by atoms with van der Waals surface area (Å²) in [6.45, 7) is 1.68. The van der Waals surface area contributed by atoms with E-state index in [9.17, 15) is 22.4 Å². The van der Waals surface area contributed by atoms with E-state index in [1.54, 1.807) is 6.92 Å². The number of amides is 1. The molecule has 3 aromatic rings. The average molecular weight is 442 g/mol. The number of hydrogen-bond donors (Lipinski definition) is 2. The number of halogens is 1. The Bertz CT molecular complexity index is 1220. The minimum absolute atomic E-state index is 0.117. The Hall–Kier alpha value is -3.72. The van der Waals surface area contributed by atoms with Gasteiger partial charge in [0.05, 0.1) is 17.6 Å². The smallest absolute Gasteiger partial charge is 0.337 e. The van der Waals surface area contributed by atoms with Crippen molar-refractivity contribution in [3.8, 4) is 0 Å². The van der Waals surface area contributed by atoms with Crippen molar-refractivity contribution in [2.75, 3.05) is 17.1 Å². The van der Waals surface area contributed by atoms with Crippen LogP contribution in [0.2, 0.25) is 0 Å². The molecule has 0 unspecified atom stereocenters. The molecule has 0 saturated heterocycles. The van der Waals surface area contributed by atoms with E-state index in [1.807, 2.05) is 0 Å². The number of ether oxygens (including phenoxy) is 1. The predicted octanol–water partition coefficient (Wildman–Crippen LogP) is 3.97. The third-order valence-corrected chi connectivity index (χ3v) is 5.80. The highest BCUT2D eigenvalue weighted by atomic mass is 32.2. The normalized spacial score (nSPS) is 10.9. The van der Waals surface area contributed by atoms with Gasteiger partial charge in [0.25, 0.3) is 15.9 Å². The summed E-state index contributed by atoms with van der Waals surface area (Å²) in [7, 11) is -2.72. The maximum absolute atomic E-state index is 13.0. The standard InChI is InChI=1S/C22H19FN2O5S/c1-14-3-12-19(31(28,29)25-18-10-6-16(23)7-11-18)13-20(14)21(26)24-17-8-4-15(5-9-17)22(27)30-2/h3-13,25H,1-2H3,(H,24,26). The molecule has 0 heterocycles. The Morgan fingerprint density at radius 3 is 2.13 bits per heavy atom. The van der Waals surface area contributed by atoms with Gasteiger partial charge in [-0.1, -0.05) is 6.07 Å². The minimum Gasteiger partial charge on any atom is -0.465 e. The molecule has 7 nitrogen and oxygen atoms in total. The Morgan fingerprint density at radius 2 is 1.52 bits per heavy atom. The topological polar surface area (TPSA) is 102 Å². The molecular weight excluding hydrogens is 423 g/mol. The maximum Gasteiger partial charge on any atom is 0.337 e. The first-order valence-electron chi connectivity index (χ1n) is 9.08. The summed E-state index contributed by atoms with van der Waals surface area (Å²) in [4.78, 5) is 24.1. The van der Waals surface area contributed by atoms with E-state index in [4.69, 9.17) is 0 Å².